The van der Waals surface area contributed by atoms with Gasteiger partial charge in [0.2, 0.25) is 0 Å². The predicted octanol–water partition coefficient (Wildman–Crippen LogP) is 4.41. The summed E-state index contributed by atoms with van der Waals surface area (Å²) in [5, 5.41) is 0. The summed E-state index contributed by atoms with van der Waals surface area (Å²) in [6.45, 7) is 2.60. The first-order valence-electron chi connectivity index (χ1n) is 5.20. The molecule has 0 spiro atoms. The van der Waals surface area contributed by atoms with E-state index in [2.05, 4.69) is 22.0 Å². The highest BCUT2D eigenvalue weighted by Crippen LogP contribution is 2.30. The third-order valence-electron chi connectivity index (χ3n) is 2.32. The standard InChI is InChI=1S/C13H13BrO2S/c1-9-3-5-11(12(7-9)15-2)16-8-10-4-6-13(14)17-10/h3-7H,8H2,1-2H3. The van der Waals surface area contributed by atoms with Gasteiger partial charge in [-0.2, -0.15) is 0 Å². The summed E-state index contributed by atoms with van der Waals surface area (Å²) >= 11 is 5.11. The lowest BCUT2D eigenvalue weighted by atomic mass is 10.2. The maximum absolute atomic E-state index is 5.75. The minimum Gasteiger partial charge on any atom is -0.493 e. The van der Waals surface area contributed by atoms with E-state index in [-0.39, 0.29) is 0 Å². The lowest BCUT2D eigenvalue weighted by molar-refractivity contribution is 0.287. The molecule has 1 aromatic heterocycles. The molecule has 2 nitrogen and oxygen atoms in total. The number of benzene rings is 1. The van der Waals surface area contributed by atoms with E-state index in [1.54, 1.807) is 18.4 Å². The van der Waals surface area contributed by atoms with Gasteiger partial charge in [-0.05, 0) is 52.7 Å². The van der Waals surface area contributed by atoms with Gasteiger partial charge in [0.25, 0.3) is 0 Å². The van der Waals surface area contributed by atoms with Gasteiger partial charge in [-0.25, -0.2) is 0 Å². The van der Waals surface area contributed by atoms with Gasteiger partial charge in [0.05, 0.1) is 10.9 Å². The lowest BCUT2D eigenvalue weighted by Crippen LogP contribution is -1.96. The summed E-state index contributed by atoms with van der Waals surface area (Å²) in [4.78, 5) is 1.18. The van der Waals surface area contributed by atoms with Crippen LogP contribution in [0.4, 0.5) is 0 Å². The summed E-state index contributed by atoms with van der Waals surface area (Å²) in [5.74, 6) is 1.56. The molecule has 0 N–H and O–H groups in total. The van der Waals surface area contributed by atoms with Gasteiger partial charge in [-0.3, -0.25) is 0 Å². The van der Waals surface area contributed by atoms with Crippen LogP contribution in [0.25, 0.3) is 0 Å². The van der Waals surface area contributed by atoms with Gasteiger partial charge >= 0.3 is 0 Å². The molecule has 0 saturated heterocycles. The highest BCUT2D eigenvalue weighted by Gasteiger charge is 2.05. The summed E-state index contributed by atoms with van der Waals surface area (Å²) in [6.07, 6.45) is 0. The Labute approximate surface area is 113 Å². The molecule has 1 aromatic carbocycles. The second-order valence-electron chi connectivity index (χ2n) is 3.65. The number of thiophene rings is 1. The molecule has 1 heterocycles. The van der Waals surface area contributed by atoms with E-state index in [1.807, 2.05) is 31.2 Å². The van der Waals surface area contributed by atoms with E-state index in [4.69, 9.17) is 9.47 Å². The quantitative estimate of drug-likeness (QED) is 0.832. The molecule has 0 unspecified atom stereocenters. The van der Waals surface area contributed by atoms with Crippen LogP contribution in [0, 0.1) is 6.92 Å². The van der Waals surface area contributed by atoms with E-state index in [0.29, 0.717) is 6.61 Å². The number of rotatable bonds is 4. The molecule has 0 fully saturated rings. The fourth-order valence-corrected chi connectivity index (χ4v) is 2.87. The van der Waals surface area contributed by atoms with E-state index in [0.717, 1.165) is 20.8 Å². The maximum Gasteiger partial charge on any atom is 0.161 e. The van der Waals surface area contributed by atoms with Gasteiger partial charge in [0.1, 0.15) is 6.61 Å². The van der Waals surface area contributed by atoms with Crippen molar-refractivity contribution in [2.45, 2.75) is 13.5 Å². The molecular weight excluding hydrogens is 300 g/mol. The number of ether oxygens (including phenoxy) is 2. The third-order valence-corrected chi connectivity index (χ3v) is 3.92. The van der Waals surface area contributed by atoms with Crippen LogP contribution in [0.3, 0.4) is 0 Å². The van der Waals surface area contributed by atoms with Crippen molar-refractivity contribution in [3.63, 3.8) is 0 Å². The van der Waals surface area contributed by atoms with Gasteiger partial charge < -0.3 is 9.47 Å². The average Bonchev–Trinajstić information content (AvgIpc) is 2.73. The first-order valence-corrected chi connectivity index (χ1v) is 6.81. The van der Waals surface area contributed by atoms with Gasteiger partial charge in [0, 0.05) is 4.88 Å². The third kappa shape index (κ3) is 3.23. The number of hydrogen-bond acceptors (Lipinski definition) is 3. The zero-order chi connectivity index (χ0) is 12.3. The molecule has 0 aliphatic heterocycles. The predicted molar refractivity (Wildman–Crippen MR) is 74.1 cm³/mol. The minimum absolute atomic E-state index is 0.565. The van der Waals surface area contributed by atoms with E-state index >= 15 is 0 Å². The smallest absolute Gasteiger partial charge is 0.161 e. The average molecular weight is 313 g/mol. The lowest BCUT2D eigenvalue weighted by Gasteiger charge is -2.10. The molecule has 4 heteroatoms. The highest BCUT2D eigenvalue weighted by molar-refractivity contribution is 9.11. The van der Waals surface area contributed by atoms with Crippen LogP contribution >= 0.6 is 27.3 Å². The number of aryl methyl sites for hydroxylation is 1. The minimum atomic E-state index is 0.565. The van der Waals surface area contributed by atoms with Crippen LogP contribution in [0.15, 0.2) is 34.1 Å². The topological polar surface area (TPSA) is 18.5 Å². The van der Waals surface area contributed by atoms with E-state index < -0.39 is 0 Å². The van der Waals surface area contributed by atoms with Crippen molar-refractivity contribution in [1.29, 1.82) is 0 Å². The number of methoxy groups -OCH3 is 1. The Morgan fingerprint density at radius 1 is 1.18 bits per heavy atom. The van der Waals surface area contributed by atoms with Crippen molar-refractivity contribution in [3.8, 4) is 11.5 Å². The van der Waals surface area contributed by atoms with Crippen molar-refractivity contribution in [2.75, 3.05) is 7.11 Å². The first kappa shape index (κ1) is 12.5. The largest absolute Gasteiger partial charge is 0.493 e. The summed E-state index contributed by atoms with van der Waals surface area (Å²) in [7, 11) is 1.66. The highest BCUT2D eigenvalue weighted by atomic mass is 79.9. The van der Waals surface area contributed by atoms with Crippen molar-refractivity contribution in [1.82, 2.24) is 0 Å². The van der Waals surface area contributed by atoms with Crippen molar-refractivity contribution in [2.24, 2.45) is 0 Å². The fraction of sp³-hybridized carbons (Fsp3) is 0.231. The van der Waals surface area contributed by atoms with Crippen molar-refractivity contribution in [3.05, 3.63) is 44.6 Å². The Morgan fingerprint density at radius 2 is 2.00 bits per heavy atom. The van der Waals surface area contributed by atoms with Crippen LogP contribution in [0.2, 0.25) is 0 Å². The number of hydrogen-bond donors (Lipinski definition) is 0. The number of halogens is 1. The second-order valence-corrected chi connectivity index (χ2v) is 6.20. The Bertz CT molecular complexity index is 508. The molecule has 0 amide bonds. The van der Waals surface area contributed by atoms with Crippen molar-refractivity contribution < 1.29 is 9.47 Å². The Balaban J connectivity index is 2.08. The zero-order valence-corrected chi connectivity index (χ0v) is 12.1. The Kier molecular flexibility index (Phi) is 4.07. The molecule has 90 valence electrons. The molecule has 17 heavy (non-hydrogen) atoms. The molecule has 0 aliphatic carbocycles. The van der Waals surface area contributed by atoms with Gasteiger partial charge in [-0.1, -0.05) is 6.07 Å². The van der Waals surface area contributed by atoms with Gasteiger partial charge in [-0.15, -0.1) is 11.3 Å². The molecule has 0 aliphatic rings. The SMILES string of the molecule is COc1cc(C)ccc1OCc1ccc(Br)s1. The Hall–Kier alpha value is -1.000. The second kappa shape index (κ2) is 5.56. The summed E-state index contributed by atoms with van der Waals surface area (Å²) in [5.41, 5.74) is 1.16. The molecular formula is C13H13BrO2S. The van der Waals surface area contributed by atoms with Crippen LogP contribution in [-0.4, -0.2) is 7.11 Å². The zero-order valence-electron chi connectivity index (χ0n) is 9.70. The molecule has 2 rings (SSSR count). The van der Waals surface area contributed by atoms with Crippen LogP contribution in [-0.2, 0) is 6.61 Å². The Morgan fingerprint density at radius 3 is 2.65 bits per heavy atom. The first-order chi connectivity index (χ1) is 8.19. The fourth-order valence-electron chi connectivity index (χ4n) is 1.47. The maximum atomic E-state index is 5.75. The molecule has 0 atom stereocenters. The molecule has 0 radical (unpaired) electrons. The molecule has 0 saturated carbocycles. The molecule has 0 bridgehead atoms. The monoisotopic (exact) mass is 312 g/mol. The summed E-state index contributed by atoms with van der Waals surface area (Å²) < 4.78 is 12.2. The van der Waals surface area contributed by atoms with Crippen LogP contribution in [0.5, 0.6) is 11.5 Å². The molecule has 2 aromatic rings. The van der Waals surface area contributed by atoms with Crippen LogP contribution in [0.1, 0.15) is 10.4 Å². The van der Waals surface area contributed by atoms with E-state index in [1.165, 1.54) is 4.88 Å². The van der Waals surface area contributed by atoms with Crippen LogP contribution < -0.4 is 9.47 Å². The van der Waals surface area contributed by atoms with Gasteiger partial charge in [0.15, 0.2) is 11.5 Å². The van der Waals surface area contributed by atoms with E-state index in [9.17, 15) is 0 Å². The summed E-state index contributed by atoms with van der Waals surface area (Å²) in [6, 6.07) is 10.0. The van der Waals surface area contributed by atoms with Crippen molar-refractivity contribution >= 4 is 27.3 Å². The normalized spacial score (nSPS) is 10.3.